The van der Waals surface area contributed by atoms with E-state index in [4.69, 9.17) is 14.6 Å². The standard InChI is InChI=1S/C30H44N4O4/c1-4-18-34-25(30-26(37-2)14-9-15-27(30)38-3)20-28(32-34)33(21-35)24(17-16-22-10-6-5-7-11-22)19-29(36)31-23-12-8-13-23/h9,14-15,20-24H,4-8,10-13,16-19H2,1-3H3,(H,31,36)/t24-/m0/s1. The molecule has 208 valence electrons. The predicted octanol–water partition coefficient (Wildman–Crippen LogP) is 5.73. The Labute approximate surface area is 227 Å². The molecule has 2 fully saturated rings. The molecule has 0 aliphatic heterocycles. The topological polar surface area (TPSA) is 85.7 Å². The molecule has 1 N–H and O–H groups in total. The van der Waals surface area contributed by atoms with Crippen LogP contribution in [0.5, 0.6) is 11.5 Å². The molecule has 0 unspecified atom stereocenters. The van der Waals surface area contributed by atoms with Crippen molar-refractivity contribution < 1.29 is 19.1 Å². The molecule has 1 aromatic heterocycles. The molecule has 2 aliphatic carbocycles. The van der Waals surface area contributed by atoms with E-state index in [1.165, 1.54) is 38.5 Å². The maximum Gasteiger partial charge on any atom is 0.222 e. The van der Waals surface area contributed by atoms with Gasteiger partial charge in [-0.05, 0) is 56.6 Å². The Bertz CT molecular complexity index is 1040. The number of rotatable bonds is 14. The molecule has 0 saturated heterocycles. The van der Waals surface area contributed by atoms with Crippen molar-refractivity contribution in [1.82, 2.24) is 15.1 Å². The first-order valence-corrected chi connectivity index (χ1v) is 14.4. The Morgan fingerprint density at radius 2 is 1.84 bits per heavy atom. The lowest BCUT2D eigenvalue weighted by molar-refractivity contribution is -0.122. The number of anilines is 1. The number of benzene rings is 1. The molecule has 8 nitrogen and oxygen atoms in total. The molecule has 2 aromatic rings. The Balaban J connectivity index is 1.64. The third kappa shape index (κ3) is 6.69. The number of methoxy groups -OCH3 is 2. The second-order valence-electron chi connectivity index (χ2n) is 10.8. The minimum Gasteiger partial charge on any atom is -0.496 e. The van der Waals surface area contributed by atoms with Crippen molar-refractivity contribution in [3.63, 3.8) is 0 Å². The zero-order chi connectivity index (χ0) is 26.9. The van der Waals surface area contributed by atoms with E-state index in [-0.39, 0.29) is 24.4 Å². The number of hydrogen-bond acceptors (Lipinski definition) is 5. The maximum absolute atomic E-state index is 13.0. The first kappa shape index (κ1) is 28.0. The molecule has 38 heavy (non-hydrogen) atoms. The average Bonchev–Trinajstić information content (AvgIpc) is 3.32. The van der Waals surface area contributed by atoms with Gasteiger partial charge in [-0.15, -0.1) is 0 Å². The van der Waals surface area contributed by atoms with Gasteiger partial charge in [0.2, 0.25) is 12.3 Å². The van der Waals surface area contributed by atoms with Gasteiger partial charge < -0.3 is 14.8 Å². The molecule has 4 rings (SSSR count). The van der Waals surface area contributed by atoms with Crippen molar-refractivity contribution >= 4 is 18.1 Å². The van der Waals surface area contributed by atoms with Gasteiger partial charge in [0.15, 0.2) is 5.82 Å². The SMILES string of the molecule is CCCn1nc(N(C=O)[C@@H](CCC2CCCCC2)CC(=O)NC2CCC2)cc1-c1c(OC)cccc1OC. The smallest absolute Gasteiger partial charge is 0.222 e. The fourth-order valence-corrected chi connectivity index (χ4v) is 5.84. The van der Waals surface area contributed by atoms with Gasteiger partial charge >= 0.3 is 0 Å². The van der Waals surface area contributed by atoms with E-state index in [1.807, 2.05) is 28.9 Å². The van der Waals surface area contributed by atoms with Crippen molar-refractivity contribution in [2.45, 2.75) is 103 Å². The third-order valence-electron chi connectivity index (χ3n) is 8.18. The number of nitrogens with zero attached hydrogens (tertiary/aromatic N) is 3. The minimum atomic E-state index is -0.244. The summed E-state index contributed by atoms with van der Waals surface area (Å²) in [4.78, 5) is 27.3. The van der Waals surface area contributed by atoms with E-state index in [0.29, 0.717) is 29.8 Å². The van der Waals surface area contributed by atoms with E-state index < -0.39 is 0 Å². The molecule has 1 atom stereocenters. The Hall–Kier alpha value is -3.03. The lowest BCUT2D eigenvalue weighted by Gasteiger charge is -2.31. The highest BCUT2D eigenvalue weighted by Gasteiger charge is 2.29. The molecule has 2 aliphatic rings. The quantitative estimate of drug-likeness (QED) is 0.319. The van der Waals surface area contributed by atoms with Gasteiger partial charge in [0.05, 0.1) is 25.5 Å². The van der Waals surface area contributed by atoms with Crippen molar-refractivity contribution in [3.05, 3.63) is 24.3 Å². The number of aryl methyl sites for hydroxylation is 1. The van der Waals surface area contributed by atoms with Crippen LogP contribution in [0.3, 0.4) is 0 Å². The van der Waals surface area contributed by atoms with Gasteiger partial charge in [-0.2, -0.15) is 5.10 Å². The fourth-order valence-electron chi connectivity index (χ4n) is 5.84. The zero-order valence-corrected chi connectivity index (χ0v) is 23.3. The van der Waals surface area contributed by atoms with Crippen LogP contribution in [-0.2, 0) is 16.1 Å². The van der Waals surface area contributed by atoms with Crippen molar-refractivity contribution in [3.8, 4) is 22.8 Å². The highest BCUT2D eigenvalue weighted by molar-refractivity contribution is 5.83. The van der Waals surface area contributed by atoms with E-state index in [9.17, 15) is 9.59 Å². The van der Waals surface area contributed by atoms with Gasteiger partial charge in [-0.25, -0.2) is 0 Å². The Kier molecular flexibility index (Phi) is 10.1. The summed E-state index contributed by atoms with van der Waals surface area (Å²) in [6, 6.07) is 7.66. The van der Waals surface area contributed by atoms with Crippen LogP contribution in [0, 0.1) is 5.92 Å². The minimum absolute atomic E-state index is 0.0230. The number of ether oxygens (including phenoxy) is 2. The number of hydrogen-bond donors (Lipinski definition) is 1. The molecule has 0 radical (unpaired) electrons. The monoisotopic (exact) mass is 524 g/mol. The number of nitrogens with one attached hydrogen (secondary N) is 1. The molecule has 0 spiro atoms. The van der Waals surface area contributed by atoms with Gasteiger partial charge in [-0.1, -0.05) is 45.1 Å². The van der Waals surface area contributed by atoms with Crippen molar-refractivity contribution in [2.75, 3.05) is 19.1 Å². The lowest BCUT2D eigenvalue weighted by atomic mass is 9.84. The number of carbonyl (C=O) groups excluding carboxylic acids is 2. The fraction of sp³-hybridized carbons (Fsp3) is 0.633. The summed E-state index contributed by atoms with van der Waals surface area (Å²) in [7, 11) is 3.28. The second kappa shape index (κ2) is 13.7. The van der Waals surface area contributed by atoms with Crippen LogP contribution in [0.2, 0.25) is 0 Å². The summed E-state index contributed by atoms with van der Waals surface area (Å²) < 4.78 is 13.3. The van der Waals surface area contributed by atoms with Crippen LogP contribution in [0.1, 0.15) is 84.0 Å². The van der Waals surface area contributed by atoms with Crippen molar-refractivity contribution in [1.29, 1.82) is 0 Å². The summed E-state index contributed by atoms with van der Waals surface area (Å²) in [5.41, 5.74) is 1.63. The number of aromatic nitrogens is 2. The van der Waals surface area contributed by atoms with Crippen LogP contribution in [0.15, 0.2) is 24.3 Å². The normalized spacial score (nSPS) is 16.9. The Morgan fingerprint density at radius 1 is 1.13 bits per heavy atom. The largest absolute Gasteiger partial charge is 0.496 e. The summed E-state index contributed by atoms with van der Waals surface area (Å²) in [6.45, 7) is 2.78. The van der Waals surface area contributed by atoms with Crippen LogP contribution >= 0.6 is 0 Å². The molecular weight excluding hydrogens is 480 g/mol. The summed E-state index contributed by atoms with van der Waals surface area (Å²) in [6.07, 6.45) is 13.4. The number of carbonyl (C=O) groups is 2. The highest BCUT2D eigenvalue weighted by Crippen LogP contribution is 2.40. The highest BCUT2D eigenvalue weighted by atomic mass is 16.5. The maximum atomic E-state index is 13.0. The Morgan fingerprint density at radius 3 is 2.42 bits per heavy atom. The van der Waals surface area contributed by atoms with Crippen LogP contribution < -0.4 is 19.7 Å². The van der Waals surface area contributed by atoms with Gasteiger partial charge in [0, 0.05) is 31.1 Å². The van der Waals surface area contributed by atoms with E-state index in [0.717, 1.165) is 49.8 Å². The average molecular weight is 525 g/mol. The van der Waals surface area contributed by atoms with Crippen molar-refractivity contribution in [2.24, 2.45) is 5.92 Å². The molecular formula is C30H44N4O4. The first-order valence-electron chi connectivity index (χ1n) is 14.4. The predicted molar refractivity (Wildman–Crippen MR) is 150 cm³/mol. The van der Waals surface area contributed by atoms with Gasteiger partial charge in [-0.3, -0.25) is 19.2 Å². The van der Waals surface area contributed by atoms with Crippen LogP contribution in [0.4, 0.5) is 5.82 Å². The third-order valence-corrected chi connectivity index (χ3v) is 8.18. The molecule has 1 aromatic carbocycles. The van der Waals surface area contributed by atoms with Gasteiger partial charge in [0.1, 0.15) is 11.5 Å². The molecule has 2 saturated carbocycles. The first-order chi connectivity index (χ1) is 18.6. The summed E-state index contributed by atoms with van der Waals surface area (Å²) in [5.74, 6) is 2.61. The molecule has 1 heterocycles. The second-order valence-corrected chi connectivity index (χ2v) is 10.8. The van der Waals surface area contributed by atoms with E-state index >= 15 is 0 Å². The molecule has 2 amide bonds. The van der Waals surface area contributed by atoms with E-state index in [1.54, 1.807) is 19.1 Å². The van der Waals surface area contributed by atoms with Gasteiger partial charge in [0.25, 0.3) is 0 Å². The van der Waals surface area contributed by atoms with Crippen LogP contribution in [0.25, 0.3) is 11.3 Å². The summed E-state index contributed by atoms with van der Waals surface area (Å²) >= 11 is 0. The molecule has 0 bridgehead atoms. The molecule has 8 heteroatoms. The van der Waals surface area contributed by atoms with Crippen LogP contribution in [-0.4, -0.2) is 48.4 Å². The van der Waals surface area contributed by atoms with E-state index in [2.05, 4.69) is 12.2 Å². The lowest BCUT2D eigenvalue weighted by Crippen LogP contribution is -2.44. The number of amides is 2. The zero-order valence-electron chi connectivity index (χ0n) is 23.3. The summed E-state index contributed by atoms with van der Waals surface area (Å²) in [5, 5.41) is 8.05.